The molecule has 5 rings (SSSR count). The third kappa shape index (κ3) is 2.06. The van der Waals surface area contributed by atoms with Gasteiger partial charge in [-0.25, -0.2) is 0 Å². The molecule has 3 aromatic carbocycles. The van der Waals surface area contributed by atoms with Gasteiger partial charge in [0.2, 0.25) is 0 Å². The minimum Gasteiger partial charge on any atom is -0.197 e. The molecule has 4 aromatic rings. The van der Waals surface area contributed by atoms with Crippen molar-refractivity contribution in [3.05, 3.63) is 113 Å². The van der Waals surface area contributed by atoms with Crippen LogP contribution in [0.4, 0.5) is 0 Å². The van der Waals surface area contributed by atoms with Crippen LogP contribution >= 0.6 is 0 Å². The molecule has 0 radical (unpaired) electrons. The minimum absolute atomic E-state index is 0.321. The molecule has 1 aliphatic heterocycles. The number of rotatable bonds is 2. The lowest BCUT2D eigenvalue weighted by Crippen LogP contribution is -2.36. The zero-order valence-electron chi connectivity index (χ0n) is 19.4. The van der Waals surface area contributed by atoms with E-state index >= 15 is 0 Å². The summed E-state index contributed by atoms with van der Waals surface area (Å²) in [7, 11) is 0. The van der Waals surface area contributed by atoms with Gasteiger partial charge in [-0.1, -0.05) is 66.7 Å². The lowest BCUT2D eigenvalue weighted by atomic mass is 9.74. The summed E-state index contributed by atoms with van der Waals surface area (Å²) in [6.07, 6.45) is 0. The third-order valence-electron chi connectivity index (χ3n) is 6.19. The average Bonchev–Trinajstić information content (AvgIpc) is 3.21. The van der Waals surface area contributed by atoms with Crippen LogP contribution in [0, 0.1) is 20.7 Å². The first-order chi connectivity index (χ1) is 14.8. The highest BCUT2D eigenvalue weighted by molar-refractivity contribution is 5.58. The summed E-state index contributed by atoms with van der Waals surface area (Å²) in [4.78, 5) is 0. The van der Waals surface area contributed by atoms with Crippen LogP contribution in [0.2, 0.25) is 0 Å². The Bertz CT molecular complexity index is 1300. The summed E-state index contributed by atoms with van der Waals surface area (Å²) in [6, 6.07) is 26.5. The molecule has 1 unspecified atom stereocenters. The molecule has 0 fully saturated rings. The molecule has 0 amide bonds. The molecule has 0 N–H and O–H groups in total. The van der Waals surface area contributed by atoms with E-state index < -0.39 is 12.3 Å². The van der Waals surface area contributed by atoms with Gasteiger partial charge in [0.15, 0.2) is 11.4 Å². The molecule has 1 atom stereocenters. The fraction of sp³-hybridized carbons (Fsp3) is 0.192. The molecule has 0 aliphatic carbocycles. The van der Waals surface area contributed by atoms with Crippen molar-refractivity contribution in [2.24, 2.45) is 0 Å². The molecular formula is C26H25N2+. The van der Waals surface area contributed by atoms with Gasteiger partial charge in [-0.05, 0) is 37.1 Å². The second-order valence-corrected chi connectivity index (χ2v) is 7.72. The maximum atomic E-state index is 8.48. The van der Waals surface area contributed by atoms with Crippen molar-refractivity contribution in [1.82, 2.24) is 4.57 Å². The number of benzene rings is 3. The molecule has 138 valence electrons. The van der Waals surface area contributed by atoms with E-state index in [9.17, 15) is 0 Å². The first-order valence-corrected chi connectivity index (χ1v) is 9.66. The van der Waals surface area contributed by atoms with Crippen LogP contribution in [0.1, 0.15) is 44.9 Å². The number of aromatic nitrogens is 2. The zero-order valence-corrected chi connectivity index (χ0v) is 16.4. The van der Waals surface area contributed by atoms with E-state index in [4.69, 9.17) is 4.11 Å². The molecule has 2 heterocycles. The molecule has 1 aliphatic rings. The Balaban J connectivity index is 1.97. The van der Waals surface area contributed by atoms with Crippen molar-refractivity contribution < 1.29 is 8.68 Å². The van der Waals surface area contributed by atoms with Crippen molar-refractivity contribution in [2.45, 2.75) is 33.0 Å². The van der Waals surface area contributed by atoms with Crippen molar-refractivity contribution in [3.63, 3.8) is 0 Å². The van der Waals surface area contributed by atoms with Gasteiger partial charge in [0, 0.05) is 23.5 Å². The molecule has 0 saturated heterocycles. The van der Waals surface area contributed by atoms with Gasteiger partial charge in [-0.3, -0.25) is 0 Å². The largest absolute Gasteiger partial charge is 0.264 e. The first-order valence-electron chi connectivity index (χ1n) is 11.2. The maximum Gasteiger partial charge on any atom is 0.264 e. The molecule has 28 heavy (non-hydrogen) atoms. The molecule has 2 nitrogen and oxygen atoms in total. The van der Waals surface area contributed by atoms with Gasteiger partial charge >= 0.3 is 0 Å². The normalized spacial score (nSPS) is 19.5. The van der Waals surface area contributed by atoms with Crippen LogP contribution in [-0.4, -0.2) is 4.57 Å². The Kier molecular flexibility index (Phi) is 2.96. The number of para-hydroxylation sites is 2. The Labute approximate surface area is 170 Å². The summed E-state index contributed by atoms with van der Waals surface area (Å²) >= 11 is 0. The van der Waals surface area contributed by atoms with Gasteiger partial charge in [0.25, 0.3) is 5.82 Å². The lowest BCUT2D eigenvalue weighted by Gasteiger charge is -2.24. The van der Waals surface area contributed by atoms with E-state index in [2.05, 4.69) is 25.1 Å². The number of imidazole rings is 1. The number of fused-ring (bicyclic) bond motifs is 3. The van der Waals surface area contributed by atoms with Gasteiger partial charge in [0.05, 0.1) is 5.41 Å². The van der Waals surface area contributed by atoms with Gasteiger partial charge in [-0.15, -0.1) is 0 Å². The highest BCUT2D eigenvalue weighted by Crippen LogP contribution is 2.46. The Morgan fingerprint density at radius 3 is 2.29 bits per heavy atom. The van der Waals surface area contributed by atoms with E-state index in [1.54, 1.807) is 0 Å². The van der Waals surface area contributed by atoms with Crippen molar-refractivity contribution in [2.75, 3.05) is 0 Å². The fourth-order valence-electron chi connectivity index (χ4n) is 4.84. The molecule has 0 spiro atoms. The van der Waals surface area contributed by atoms with Crippen LogP contribution in [0.3, 0.4) is 0 Å². The minimum atomic E-state index is -2.29. The van der Waals surface area contributed by atoms with E-state index in [0.717, 1.165) is 39.5 Å². The number of hydrogen-bond acceptors (Lipinski definition) is 0. The smallest absolute Gasteiger partial charge is 0.197 e. The standard InChI is InChI=1S/C26H25N2/c1-18-12-8-10-16-23(18)27-19(2)25-26(4,21-13-6-5-7-14-21)22-15-9-11-17-24(22)28(25)20(27)3/h5-17H,1-4H3/q+1/i3D3. The predicted molar refractivity (Wildman–Crippen MR) is 114 cm³/mol. The fourth-order valence-corrected chi connectivity index (χ4v) is 4.84. The SMILES string of the molecule is [2H]C([2H])([2H])c1n(-c2ccccc2C)c(C)c2[n+]1-c1ccccc1C2(C)c1ccccc1. The van der Waals surface area contributed by atoms with E-state index in [1.165, 1.54) is 0 Å². The topological polar surface area (TPSA) is 8.81 Å². The van der Waals surface area contributed by atoms with Crippen molar-refractivity contribution >= 4 is 0 Å². The molecule has 0 bridgehead atoms. The second kappa shape index (κ2) is 5.93. The quantitative estimate of drug-likeness (QED) is 0.422. The maximum absolute atomic E-state index is 8.48. The second-order valence-electron chi connectivity index (χ2n) is 7.72. The van der Waals surface area contributed by atoms with Crippen LogP contribution in [-0.2, 0) is 5.41 Å². The number of hydrogen-bond donors (Lipinski definition) is 0. The Morgan fingerprint density at radius 2 is 1.54 bits per heavy atom. The molecular weight excluding hydrogens is 340 g/mol. The van der Waals surface area contributed by atoms with E-state index in [1.807, 2.05) is 83.6 Å². The van der Waals surface area contributed by atoms with Crippen molar-refractivity contribution in [1.29, 1.82) is 0 Å². The van der Waals surface area contributed by atoms with Crippen LogP contribution in [0.5, 0.6) is 0 Å². The predicted octanol–water partition coefficient (Wildman–Crippen LogP) is 5.35. The lowest BCUT2D eigenvalue weighted by molar-refractivity contribution is -0.605. The van der Waals surface area contributed by atoms with Crippen molar-refractivity contribution in [3.8, 4) is 11.4 Å². The zero-order chi connectivity index (χ0) is 22.0. The Hall–Kier alpha value is -3.13. The first kappa shape index (κ1) is 14.0. The third-order valence-corrected chi connectivity index (χ3v) is 6.19. The summed E-state index contributed by atoms with van der Waals surface area (Å²) < 4.78 is 29.4. The summed E-state index contributed by atoms with van der Waals surface area (Å²) in [6.45, 7) is 3.98. The van der Waals surface area contributed by atoms with Crippen LogP contribution < -0.4 is 4.57 Å². The van der Waals surface area contributed by atoms with Crippen LogP contribution in [0.25, 0.3) is 11.4 Å². The number of nitrogens with zero attached hydrogens (tertiary/aromatic N) is 2. The van der Waals surface area contributed by atoms with Gasteiger partial charge in [0.1, 0.15) is 11.4 Å². The summed E-state index contributed by atoms with van der Waals surface area (Å²) in [5.41, 5.74) is 6.65. The monoisotopic (exact) mass is 368 g/mol. The molecule has 1 aromatic heterocycles. The number of aryl methyl sites for hydroxylation is 1. The molecule has 0 saturated carbocycles. The Morgan fingerprint density at radius 1 is 0.857 bits per heavy atom. The summed E-state index contributed by atoms with van der Waals surface area (Å²) in [5, 5.41) is 0. The average molecular weight is 369 g/mol. The van der Waals surface area contributed by atoms with E-state index in [-0.39, 0.29) is 0 Å². The highest BCUT2D eigenvalue weighted by atomic mass is 15.2. The van der Waals surface area contributed by atoms with Gasteiger partial charge < -0.3 is 0 Å². The van der Waals surface area contributed by atoms with Crippen LogP contribution in [0.15, 0.2) is 78.9 Å². The highest BCUT2D eigenvalue weighted by Gasteiger charge is 2.50. The summed E-state index contributed by atoms with van der Waals surface area (Å²) in [5.74, 6) is 0.321. The van der Waals surface area contributed by atoms with Gasteiger partial charge in [-0.2, -0.15) is 9.13 Å². The molecule has 2 heteroatoms. The van der Waals surface area contributed by atoms with E-state index in [0.29, 0.717) is 5.82 Å².